The number of rotatable bonds is 46. The number of quaternary nitrogens is 1. The first-order valence-electron chi connectivity index (χ1n) is 28.1. The number of ether oxygens (including phenoxy) is 2. The summed E-state index contributed by atoms with van der Waals surface area (Å²) in [5.74, 6) is -1.61. The quantitative estimate of drug-likeness (QED) is 0.0161. The van der Waals surface area contributed by atoms with Gasteiger partial charge in [0, 0.05) is 51.9 Å². The van der Waals surface area contributed by atoms with Gasteiger partial charge in [0.25, 0.3) is 22.7 Å². The molecule has 0 heterocycles. The van der Waals surface area contributed by atoms with Crippen LogP contribution in [0.2, 0.25) is 0 Å². The molecule has 0 radical (unpaired) electrons. The Bertz CT molecular complexity index is 2330. The van der Waals surface area contributed by atoms with E-state index in [0.717, 1.165) is 153 Å². The largest absolute Gasteiger partial charge is 0.472 e. The molecule has 26 heteroatoms. The van der Waals surface area contributed by atoms with E-state index in [4.69, 9.17) is 18.5 Å². The van der Waals surface area contributed by atoms with E-state index < -0.39 is 74.9 Å². The van der Waals surface area contributed by atoms with Crippen LogP contribution in [0.1, 0.15) is 180 Å². The van der Waals surface area contributed by atoms with E-state index >= 15 is 0 Å². The molecule has 0 aliphatic heterocycles. The van der Waals surface area contributed by atoms with E-state index in [1.165, 1.54) is 36.0 Å². The van der Waals surface area contributed by atoms with Crippen LogP contribution in [0.5, 0.6) is 0 Å². The molecule has 2 aromatic carbocycles. The van der Waals surface area contributed by atoms with Crippen molar-refractivity contribution in [2.24, 2.45) is 0 Å². The molecule has 0 aliphatic rings. The van der Waals surface area contributed by atoms with Crippen LogP contribution < -0.4 is 9.80 Å². The number of nitrogens with zero attached hydrogens (tertiary/aromatic N) is 7. The van der Waals surface area contributed by atoms with Crippen LogP contribution in [0, 0.1) is 40.5 Å². The average Bonchev–Trinajstić information content (AvgIpc) is 3.40. The first-order chi connectivity index (χ1) is 37.9. The molecule has 80 heavy (non-hydrogen) atoms. The van der Waals surface area contributed by atoms with Gasteiger partial charge in [-0.05, 0) is 37.8 Å². The monoisotopic (exact) mass is 1150 g/mol. The van der Waals surface area contributed by atoms with Crippen molar-refractivity contribution in [2.45, 2.75) is 186 Å². The van der Waals surface area contributed by atoms with Gasteiger partial charge in [0.2, 0.25) is 11.8 Å². The Morgan fingerprint density at radius 1 is 0.512 bits per heavy atom. The van der Waals surface area contributed by atoms with Gasteiger partial charge in [-0.3, -0.25) is 68.7 Å². The molecule has 2 atom stereocenters. The van der Waals surface area contributed by atoms with Crippen molar-refractivity contribution < 1.29 is 71.3 Å². The number of carbonyl (C=O) groups is 4. The Morgan fingerprint density at radius 3 is 1.19 bits per heavy atom. The number of nitro benzene ring substituents is 4. The summed E-state index contributed by atoms with van der Waals surface area (Å²) in [6.07, 6.45) is 21.8. The Hall–Kier alpha value is -6.01. The molecule has 2 aromatic rings. The Labute approximate surface area is 469 Å². The summed E-state index contributed by atoms with van der Waals surface area (Å²) < 4.78 is 34.3. The van der Waals surface area contributed by atoms with Crippen molar-refractivity contribution in [3.8, 4) is 0 Å². The number of unbranched alkanes of at least 4 members (excludes halogenated alkanes) is 22. The van der Waals surface area contributed by atoms with Gasteiger partial charge in [-0.2, -0.15) is 0 Å². The third kappa shape index (κ3) is 30.5. The van der Waals surface area contributed by atoms with Crippen molar-refractivity contribution in [1.29, 1.82) is 0 Å². The van der Waals surface area contributed by atoms with Gasteiger partial charge in [-0.25, -0.2) is 4.57 Å². The first kappa shape index (κ1) is 70.1. The van der Waals surface area contributed by atoms with Crippen LogP contribution in [-0.2, 0) is 42.3 Å². The molecule has 0 fully saturated rings. The van der Waals surface area contributed by atoms with E-state index in [-0.39, 0.29) is 62.1 Å². The van der Waals surface area contributed by atoms with E-state index in [0.29, 0.717) is 36.7 Å². The fraction of sp³-hybridized carbons (Fsp3) is 0.704. The van der Waals surface area contributed by atoms with Crippen molar-refractivity contribution in [2.75, 3.05) is 71.4 Å². The normalized spacial score (nSPS) is 12.5. The molecular formula is C54H87N7O18P+. The smallest absolute Gasteiger partial charge is 0.462 e. The summed E-state index contributed by atoms with van der Waals surface area (Å²) in [5, 5.41) is 45.0. The van der Waals surface area contributed by atoms with E-state index in [1.54, 1.807) is 0 Å². The number of amides is 2. The molecule has 2 amide bonds. The second kappa shape index (κ2) is 38.6. The highest BCUT2D eigenvalue weighted by Gasteiger charge is 2.29. The van der Waals surface area contributed by atoms with Gasteiger partial charge < -0.3 is 28.6 Å². The minimum Gasteiger partial charge on any atom is -0.462 e. The number of phosphoric ester groups is 1. The van der Waals surface area contributed by atoms with Crippen LogP contribution in [0.25, 0.3) is 0 Å². The lowest BCUT2D eigenvalue weighted by molar-refractivity contribution is -0.870. The SMILES string of the molecule is CN(C(=O)CCCCCCCCCCCCCCC(=O)OC[C@H](COP(=O)(O)OCC[N+](C)(C)C)OC(=O)CCCCCCCCCCCCCCC(=O)N(C)c1ccc([N+](=O)[O-])cc1[N+](=O)[O-])c1ccc([N+](=O)[O-])cc1[N+](=O)[O-]. The number of phosphoric acid groups is 1. The molecular weight excluding hydrogens is 1070 g/mol. The number of esters is 2. The van der Waals surface area contributed by atoms with Gasteiger partial charge in [0.15, 0.2) is 6.10 Å². The summed E-state index contributed by atoms with van der Waals surface area (Å²) in [5.41, 5.74) is -1.80. The van der Waals surface area contributed by atoms with E-state index in [2.05, 4.69) is 0 Å². The average molecular weight is 1150 g/mol. The maximum Gasteiger partial charge on any atom is 0.472 e. The number of anilines is 2. The summed E-state index contributed by atoms with van der Waals surface area (Å²) >= 11 is 0. The predicted molar refractivity (Wildman–Crippen MR) is 301 cm³/mol. The molecule has 0 aliphatic carbocycles. The highest BCUT2D eigenvalue weighted by molar-refractivity contribution is 7.47. The molecule has 1 unspecified atom stereocenters. The number of non-ortho nitro benzene ring substituents is 2. The summed E-state index contributed by atoms with van der Waals surface area (Å²) in [6.45, 7) is -0.442. The van der Waals surface area contributed by atoms with Crippen molar-refractivity contribution >= 4 is 65.7 Å². The maximum atomic E-state index is 12.8. The highest BCUT2D eigenvalue weighted by Crippen LogP contribution is 2.43. The minimum atomic E-state index is -4.48. The zero-order valence-electron chi connectivity index (χ0n) is 47.6. The first-order valence-corrected chi connectivity index (χ1v) is 29.6. The summed E-state index contributed by atoms with van der Waals surface area (Å²) in [6, 6.07) is 6.43. The Balaban J connectivity index is 1.58. The number of likely N-dealkylation sites (N-methyl/N-ethyl adjacent to an activating group) is 1. The van der Waals surface area contributed by atoms with Crippen LogP contribution in [-0.4, -0.2) is 121 Å². The lowest BCUT2D eigenvalue weighted by atomic mass is 10.0. The number of benzene rings is 2. The van der Waals surface area contributed by atoms with Gasteiger partial charge in [-0.15, -0.1) is 0 Å². The summed E-state index contributed by atoms with van der Waals surface area (Å²) in [4.78, 5) is 106. The second-order valence-electron chi connectivity index (χ2n) is 21.2. The fourth-order valence-corrected chi connectivity index (χ4v) is 9.35. The minimum absolute atomic E-state index is 0.0128. The molecule has 0 saturated heterocycles. The lowest BCUT2D eigenvalue weighted by Crippen LogP contribution is -2.37. The topological polar surface area (TPSA) is 322 Å². The number of nitro groups is 4. The van der Waals surface area contributed by atoms with Gasteiger partial charge in [-0.1, -0.05) is 128 Å². The molecule has 0 bridgehead atoms. The Kier molecular flexibility index (Phi) is 33.8. The van der Waals surface area contributed by atoms with Gasteiger partial charge in [0.05, 0.1) is 59.6 Å². The highest BCUT2D eigenvalue weighted by atomic mass is 31.2. The molecule has 2 rings (SSSR count). The lowest BCUT2D eigenvalue weighted by Gasteiger charge is -2.24. The standard InChI is InChI=1S/C54H86N7O18P/c1-55(47-36-34-44(57(66)67)40-49(47)59(70)71)51(62)30-26-22-18-14-10-6-8-12-16-20-24-28-32-53(64)76-42-46(43-78-80(74,75)77-39-38-61(3,4)5)79-54(65)33-29-25-21-17-13-9-7-11-15-19-23-27-31-52(63)56(2)48-37-35-45(58(68)69)41-50(48)60(72)73/h34-37,40-41,46H,6-33,38-39,42-43H2,1-5H3/p+1/t46-/m1/s1. The van der Waals surface area contributed by atoms with E-state index in [1.807, 2.05) is 21.1 Å². The predicted octanol–water partition coefficient (Wildman–Crippen LogP) is 12.2. The number of carbonyl (C=O) groups excluding carboxylic acids is 4. The molecule has 25 nitrogen and oxygen atoms in total. The van der Waals surface area contributed by atoms with Crippen molar-refractivity contribution in [1.82, 2.24) is 0 Å². The number of hydrogen-bond donors (Lipinski definition) is 1. The summed E-state index contributed by atoms with van der Waals surface area (Å²) in [7, 11) is 4.07. The van der Waals surface area contributed by atoms with E-state index in [9.17, 15) is 69.1 Å². The van der Waals surface area contributed by atoms with Crippen LogP contribution in [0.4, 0.5) is 34.1 Å². The molecule has 1 N–H and O–H groups in total. The molecule has 450 valence electrons. The molecule has 0 aromatic heterocycles. The second-order valence-corrected chi connectivity index (χ2v) is 22.6. The van der Waals surface area contributed by atoms with Crippen LogP contribution in [0.3, 0.4) is 0 Å². The third-order valence-electron chi connectivity index (χ3n) is 13.4. The fourth-order valence-electron chi connectivity index (χ4n) is 8.60. The van der Waals surface area contributed by atoms with Crippen molar-refractivity contribution in [3.63, 3.8) is 0 Å². The zero-order chi connectivity index (χ0) is 59.5. The van der Waals surface area contributed by atoms with Crippen LogP contribution in [0.15, 0.2) is 36.4 Å². The van der Waals surface area contributed by atoms with Gasteiger partial charge in [0.1, 0.15) is 31.1 Å². The maximum absolute atomic E-state index is 12.8. The van der Waals surface area contributed by atoms with Crippen molar-refractivity contribution in [3.05, 3.63) is 76.9 Å². The number of hydrogen-bond acceptors (Lipinski definition) is 17. The third-order valence-corrected chi connectivity index (χ3v) is 14.4. The van der Waals surface area contributed by atoms with Crippen LogP contribution >= 0.6 is 7.82 Å². The van der Waals surface area contributed by atoms with Gasteiger partial charge >= 0.3 is 19.8 Å². The zero-order valence-corrected chi connectivity index (χ0v) is 48.5. The Morgan fingerprint density at radius 2 is 0.850 bits per heavy atom. The molecule has 0 saturated carbocycles. The molecule has 0 spiro atoms.